The van der Waals surface area contributed by atoms with Gasteiger partial charge in [-0.1, -0.05) is 11.6 Å². The normalized spacial score (nSPS) is 18.0. The van der Waals surface area contributed by atoms with Crippen LogP contribution >= 0.6 is 11.6 Å². The molecule has 1 aromatic rings. The maximum absolute atomic E-state index is 12.4. The predicted molar refractivity (Wildman–Crippen MR) is 102 cm³/mol. The van der Waals surface area contributed by atoms with Crippen LogP contribution in [0.15, 0.2) is 28.6 Å². The summed E-state index contributed by atoms with van der Waals surface area (Å²) in [4.78, 5) is 30.7. The minimum Gasteiger partial charge on any atom is -0.343 e. The molecule has 0 aliphatic carbocycles. The minimum absolute atomic E-state index is 0.0688. The van der Waals surface area contributed by atoms with Crippen LogP contribution in [0.2, 0.25) is 5.02 Å². The summed E-state index contributed by atoms with van der Waals surface area (Å²) in [5.41, 5.74) is -0.425. The number of nitrogens with one attached hydrogen (secondary N) is 1. The van der Waals surface area contributed by atoms with Crippen LogP contribution in [0.3, 0.4) is 0 Å². The van der Waals surface area contributed by atoms with Gasteiger partial charge in [0.15, 0.2) is 5.66 Å². The van der Waals surface area contributed by atoms with E-state index in [-0.39, 0.29) is 17.7 Å². The van der Waals surface area contributed by atoms with E-state index in [0.29, 0.717) is 62.5 Å². The molecule has 0 aromatic carbocycles. The van der Waals surface area contributed by atoms with Gasteiger partial charge < -0.3 is 10.2 Å². The van der Waals surface area contributed by atoms with E-state index in [1.54, 1.807) is 12.1 Å². The molecule has 0 spiro atoms. The average molecular weight is 388 g/mol. The molecule has 1 aromatic heterocycles. The van der Waals surface area contributed by atoms with Crippen LogP contribution in [0, 0.1) is 18.3 Å². The first-order valence-corrected chi connectivity index (χ1v) is 9.47. The zero-order chi connectivity index (χ0) is 19.3. The number of hydrogen-bond acceptors (Lipinski definition) is 5. The van der Waals surface area contributed by atoms with Gasteiger partial charge in [-0.05, 0) is 25.0 Å². The van der Waals surface area contributed by atoms with Crippen molar-refractivity contribution < 1.29 is 9.59 Å². The molecule has 8 heteroatoms. The smallest absolute Gasteiger partial charge is 0.228 e. The Labute approximate surface area is 163 Å². The molecule has 0 unspecified atom stereocenters. The summed E-state index contributed by atoms with van der Waals surface area (Å²) in [5.74, 6) is 2.97. The second kappa shape index (κ2) is 8.49. The lowest BCUT2D eigenvalue weighted by Gasteiger charge is -2.31. The summed E-state index contributed by atoms with van der Waals surface area (Å²) < 4.78 is 0. The van der Waals surface area contributed by atoms with Crippen LogP contribution < -0.4 is 5.32 Å². The number of terminal acetylenes is 1. The van der Waals surface area contributed by atoms with Crippen LogP contribution in [0.25, 0.3) is 0 Å². The second-order valence-electron chi connectivity index (χ2n) is 6.89. The third kappa shape index (κ3) is 5.27. The number of likely N-dealkylation sites (tertiary alicyclic amines) is 1. The number of hydrogen-bond donors (Lipinski definition) is 1. The largest absolute Gasteiger partial charge is 0.343 e. The van der Waals surface area contributed by atoms with Crippen molar-refractivity contribution in [2.45, 2.75) is 44.2 Å². The van der Waals surface area contributed by atoms with E-state index < -0.39 is 5.66 Å². The molecule has 0 radical (unpaired) electrons. The highest BCUT2D eigenvalue weighted by atomic mass is 35.5. The lowest BCUT2D eigenvalue weighted by Crippen LogP contribution is -2.41. The number of pyridine rings is 1. The number of carbonyl (C=O) groups is 2. The Kier molecular flexibility index (Phi) is 6.07. The lowest BCUT2D eigenvalue weighted by molar-refractivity contribution is -0.134. The monoisotopic (exact) mass is 387 g/mol. The summed E-state index contributed by atoms with van der Waals surface area (Å²) in [6, 6.07) is 3.35. The highest BCUT2D eigenvalue weighted by Crippen LogP contribution is 2.37. The Morgan fingerprint density at radius 1 is 1.30 bits per heavy atom. The standard InChI is InChI=1S/C19H22ClN5O2/c1-2-3-9-19(23-24-19)10-6-17(26)25-11-7-14(8-12-25)18(27)22-16-5-4-15(20)13-21-16/h1,4-5,13-14H,3,6-12H2,(H,21,22,27). The minimum atomic E-state index is -0.425. The summed E-state index contributed by atoms with van der Waals surface area (Å²) >= 11 is 5.79. The molecule has 0 saturated carbocycles. The fourth-order valence-electron chi connectivity index (χ4n) is 3.20. The molecule has 3 heterocycles. The van der Waals surface area contributed by atoms with Crippen molar-refractivity contribution in [3.05, 3.63) is 23.4 Å². The molecule has 1 N–H and O–H groups in total. The van der Waals surface area contributed by atoms with E-state index in [2.05, 4.69) is 26.4 Å². The Balaban J connectivity index is 1.40. The van der Waals surface area contributed by atoms with E-state index in [4.69, 9.17) is 18.0 Å². The van der Waals surface area contributed by atoms with Crippen molar-refractivity contribution in [2.24, 2.45) is 16.1 Å². The van der Waals surface area contributed by atoms with Crippen LogP contribution in [-0.2, 0) is 9.59 Å². The van der Waals surface area contributed by atoms with Crippen molar-refractivity contribution in [1.82, 2.24) is 9.88 Å². The molecule has 7 nitrogen and oxygen atoms in total. The first-order chi connectivity index (χ1) is 13.0. The van der Waals surface area contributed by atoms with Gasteiger partial charge in [0.2, 0.25) is 11.8 Å². The van der Waals surface area contributed by atoms with Gasteiger partial charge in [-0.2, -0.15) is 10.2 Å². The zero-order valence-electron chi connectivity index (χ0n) is 15.0. The summed E-state index contributed by atoms with van der Waals surface area (Å²) in [7, 11) is 0. The number of aromatic nitrogens is 1. The Morgan fingerprint density at radius 2 is 2.04 bits per heavy atom. The van der Waals surface area contributed by atoms with Gasteiger partial charge in [-0.25, -0.2) is 4.98 Å². The summed E-state index contributed by atoms with van der Waals surface area (Å²) in [6.45, 7) is 1.16. The fourth-order valence-corrected chi connectivity index (χ4v) is 3.31. The van der Waals surface area contributed by atoms with Crippen LogP contribution in [0.1, 0.15) is 38.5 Å². The van der Waals surface area contributed by atoms with E-state index in [0.717, 1.165) is 0 Å². The van der Waals surface area contributed by atoms with Crippen LogP contribution in [0.5, 0.6) is 0 Å². The van der Waals surface area contributed by atoms with Gasteiger partial charge in [0.1, 0.15) is 5.82 Å². The zero-order valence-corrected chi connectivity index (χ0v) is 15.8. The number of amides is 2. The third-order valence-corrected chi connectivity index (χ3v) is 5.21. The average Bonchev–Trinajstić information content (AvgIpc) is 3.46. The van der Waals surface area contributed by atoms with Gasteiger partial charge in [-0.3, -0.25) is 9.59 Å². The van der Waals surface area contributed by atoms with Crippen molar-refractivity contribution in [1.29, 1.82) is 0 Å². The lowest BCUT2D eigenvalue weighted by atomic mass is 9.95. The SMILES string of the molecule is C#CCCC1(CCC(=O)N2CCC(C(=O)Nc3ccc(Cl)cn3)CC2)N=N1. The van der Waals surface area contributed by atoms with Crippen molar-refractivity contribution >= 4 is 29.2 Å². The van der Waals surface area contributed by atoms with E-state index in [1.807, 2.05) is 4.90 Å². The predicted octanol–water partition coefficient (Wildman–Crippen LogP) is 3.27. The molecule has 0 atom stereocenters. The molecule has 1 saturated heterocycles. The molecule has 2 aliphatic rings. The molecule has 0 bridgehead atoms. The third-order valence-electron chi connectivity index (χ3n) is 4.99. The van der Waals surface area contributed by atoms with Gasteiger partial charge >= 0.3 is 0 Å². The topological polar surface area (TPSA) is 87.0 Å². The Bertz CT molecular complexity index is 757. The summed E-state index contributed by atoms with van der Waals surface area (Å²) in [6.07, 6.45) is 10.4. The van der Waals surface area contributed by atoms with E-state index in [1.165, 1.54) is 6.20 Å². The van der Waals surface area contributed by atoms with Gasteiger partial charge in [0, 0.05) is 50.9 Å². The number of anilines is 1. The highest BCUT2D eigenvalue weighted by Gasteiger charge is 2.40. The fraction of sp³-hybridized carbons (Fsp3) is 0.526. The van der Waals surface area contributed by atoms with Gasteiger partial charge in [0.25, 0.3) is 0 Å². The number of carbonyl (C=O) groups excluding carboxylic acids is 2. The number of piperidine rings is 1. The van der Waals surface area contributed by atoms with Crippen LogP contribution in [0.4, 0.5) is 5.82 Å². The quantitative estimate of drug-likeness (QED) is 0.728. The molecular formula is C19H22ClN5O2. The second-order valence-corrected chi connectivity index (χ2v) is 7.33. The maximum Gasteiger partial charge on any atom is 0.228 e. The maximum atomic E-state index is 12.4. The van der Waals surface area contributed by atoms with Gasteiger partial charge in [0.05, 0.1) is 5.02 Å². The molecule has 2 aliphatic heterocycles. The first kappa shape index (κ1) is 19.3. The molecule has 27 heavy (non-hydrogen) atoms. The number of rotatable bonds is 7. The Hall–Kier alpha value is -2.46. The van der Waals surface area contributed by atoms with Crippen molar-refractivity contribution in [2.75, 3.05) is 18.4 Å². The van der Waals surface area contributed by atoms with Crippen LogP contribution in [-0.4, -0.2) is 40.5 Å². The van der Waals surface area contributed by atoms with E-state index >= 15 is 0 Å². The van der Waals surface area contributed by atoms with E-state index in [9.17, 15) is 9.59 Å². The van der Waals surface area contributed by atoms with Crippen molar-refractivity contribution in [3.8, 4) is 12.3 Å². The number of nitrogens with zero attached hydrogens (tertiary/aromatic N) is 4. The molecule has 2 amide bonds. The van der Waals surface area contributed by atoms with Gasteiger partial charge in [-0.15, -0.1) is 12.3 Å². The molecule has 142 valence electrons. The molecule has 1 fully saturated rings. The number of halogens is 1. The molecule has 3 rings (SSSR count). The Morgan fingerprint density at radius 3 is 2.63 bits per heavy atom. The highest BCUT2D eigenvalue weighted by molar-refractivity contribution is 6.30. The molecular weight excluding hydrogens is 366 g/mol. The first-order valence-electron chi connectivity index (χ1n) is 9.09. The summed E-state index contributed by atoms with van der Waals surface area (Å²) in [5, 5.41) is 11.4. The van der Waals surface area contributed by atoms with Crippen molar-refractivity contribution in [3.63, 3.8) is 0 Å².